The highest BCUT2D eigenvalue weighted by Gasteiger charge is 2.19. The predicted molar refractivity (Wildman–Crippen MR) is 82.1 cm³/mol. The van der Waals surface area contributed by atoms with Gasteiger partial charge in [0, 0.05) is 11.8 Å². The van der Waals surface area contributed by atoms with E-state index in [-0.39, 0.29) is 0 Å². The van der Waals surface area contributed by atoms with Crippen LogP contribution in [0, 0.1) is 18.3 Å². The standard InChI is InChI=1S/C16H18N2Si/c1-12-9-15(18-11-16(12)19(2,3)4)14-7-5-13(10-17)6-8-14/h5-9,11H,1-4H3. The van der Waals surface area contributed by atoms with Gasteiger partial charge in [-0.25, -0.2) is 0 Å². The number of aromatic nitrogens is 1. The van der Waals surface area contributed by atoms with Crippen LogP contribution in [0.5, 0.6) is 0 Å². The number of nitriles is 1. The van der Waals surface area contributed by atoms with E-state index in [0.717, 1.165) is 11.3 Å². The lowest BCUT2D eigenvalue weighted by Crippen LogP contribution is -2.39. The Morgan fingerprint density at radius 1 is 1.11 bits per heavy atom. The fourth-order valence-corrected chi connectivity index (χ4v) is 3.92. The molecule has 1 heterocycles. The minimum Gasteiger partial charge on any atom is -0.256 e. The third-order valence-corrected chi connectivity index (χ3v) is 5.37. The van der Waals surface area contributed by atoms with Crippen LogP contribution in [0.2, 0.25) is 19.6 Å². The molecule has 2 nitrogen and oxygen atoms in total. The van der Waals surface area contributed by atoms with Crippen molar-refractivity contribution in [3.8, 4) is 17.3 Å². The zero-order valence-corrected chi connectivity index (χ0v) is 12.9. The van der Waals surface area contributed by atoms with Crippen molar-refractivity contribution in [2.75, 3.05) is 0 Å². The minimum atomic E-state index is -1.32. The van der Waals surface area contributed by atoms with Gasteiger partial charge >= 0.3 is 0 Å². The van der Waals surface area contributed by atoms with Crippen molar-refractivity contribution in [3.05, 3.63) is 47.7 Å². The third-order valence-electron chi connectivity index (χ3n) is 3.23. The number of nitrogens with zero attached hydrogens (tertiary/aromatic N) is 2. The van der Waals surface area contributed by atoms with Crippen molar-refractivity contribution in [3.63, 3.8) is 0 Å². The molecule has 19 heavy (non-hydrogen) atoms. The second-order valence-corrected chi connectivity index (χ2v) is 10.9. The van der Waals surface area contributed by atoms with Gasteiger partial charge < -0.3 is 0 Å². The van der Waals surface area contributed by atoms with Crippen LogP contribution in [0.4, 0.5) is 0 Å². The van der Waals surface area contributed by atoms with Crippen LogP contribution in [0.25, 0.3) is 11.3 Å². The van der Waals surface area contributed by atoms with Crippen molar-refractivity contribution >= 4 is 13.3 Å². The summed E-state index contributed by atoms with van der Waals surface area (Å²) in [6.07, 6.45) is 2.02. The molecule has 0 aliphatic rings. The zero-order chi connectivity index (χ0) is 14.0. The molecule has 0 amide bonds. The Morgan fingerprint density at radius 3 is 2.21 bits per heavy atom. The molecule has 2 aromatic rings. The van der Waals surface area contributed by atoms with Gasteiger partial charge in [-0.1, -0.05) is 31.8 Å². The first-order valence-corrected chi connectivity index (χ1v) is 9.89. The number of hydrogen-bond acceptors (Lipinski definition) is 2. The van der Waals surface area contributed by atoms with Crippen molar-refractivity contribution < 1.29 is 0 Å². The van der Waals surface area contributed by atoms with E-state index in [0.29, 0.717) is 5.56 Å². The summed E-state index contributed by atoms with van der Waals surface area (Å²) in [6, 6.07) is 11.8. The SMILES string of the molecule is Cc1cc(-c2ccc(C#N)cc2)ncc1[Si](C)(C)C. The first-order valence-electron chi connectivity index (χ1n) is 6.39. The van der Waals surface area contributed by atoms with Gasteiger partial charge in [0.1, 0.15) is 0 Å². The van der Waals surface area contributed by atoms with E-state index in [1.165, 1.54) is 10.8 Å². The monoisotopic (exact) mass is 266 g/mol. The maximum Gasteiger partial charge on any atom is 0.0991 e. The molecule has 0 unspecified atom stereocenters. The van der Waals surface area contributed by atoms with Crippen LogP contribution in [0.3, 0.4) is 0 Å². The molecule has 0 aliphatic carbocycles. The summed E-state index contributed by atoms with van der Waals surface area (Å²) in [4.78, 5) is 4.58. The highest BCUT2D eigenvalue weighted by atomic mass is 28.3. The molecule has 0 fully saturated rings. The smallest absolute Gasteiger partial charge is 0.0991 e. The van der Waals surface area contributed by atoms with Crippen LogP contribution in [-0.2, 0) is 0 Å². The third kappa shape index (κ3) is 2.91. The van der Waals surface area contributed by atoms with E-state index in [1.807, 2.05) is 30.5 Å². The van der Waals surface area contributed by atoms with E-state index in [2.05, 4.69) is 43.7 Å². The van der Waals surface area contributed by atoms with Gasteiger partial charge in [-0.2, -0.15) is 5.26 Å². The Balaban J connectivity index is 2.42. The molecular formula is C16H18N2Si. The molecule has 1 aromatic heterocycles. The van der Waals surface area contributed by atoms with Crippen LogP contribution >= 0.6 is 0 Å². The molecule has 0 atom stereocenters. The minimum absolute atomic E-state index is 0.680. The molecule has 0 saturated heterocycles. The van der Waals surface area contributed by atoms with Gasteiger partial charge in [-0.15, -0.1) is 0 Å². The Kier molecular flexibility index (Phi) is 3.54. The van der Waals surface area contributed by atoms with Crippen LogP contribution in [-0.4, -0.2) is 13.1 Å². The van der Waals surface area contributed by atoms with Crippen molar-refractivity contribution in [1.82, 2.24) is 4.98 Å². The molecule has 0 spiro atoms. The van der Waals surface area contributed by atoms with E-state index < -0.39 is 8.07 Å². The van der Waals surface area contributed by atoms with E-state index in [4.69, 9.17) is 5.26 Å². The summed E-state index contributed by atoms with van der Waals surface area (Å²) in [5.41, 5.74) is 4.03. The van der Waals surface area contributed by atoms with Gasteiger partial charge in [-0.05, 0) is 35.9 Å². The van der Waals surface area contributed by atoms with Crippen molar-refractivity contribution in [2.24, 2.45) is 0 Å². The molecule has 0 radical (unpaired) electrons. The molecule has 2 rings (SSSR count). The fourth-order valence-electron chi connectivity index (χ4n) is 2.21. The fraction of sp³-hybridized carbons (Fsp3) is 0.250. The summed E-state index contributed by atoms with van der Waals surface area (Å²) >= 11 is 0. The van der Waals surface area contributed by atoms with E-state index >= 15 is 0 Å². The van der Waals surface area contributed by atoms with Gasteiger partial charge in [0.2, 0.25) is 0 Å². The van der Waals surface area contributed by atoms with Gasteiger partial charge in [0.25, 0.3) is 0 Å². The van der Waals surface area contributed by atoms with Crippen LogP contribution < -0.4 is 5.19 Å². The molecule has 96 valence electrons. The topological polar surface area (TPSA) is 36.7 Å². The Labute approximate surface area is 115 Å². The summed E-state index contributed by atoms with van der Waals surface area (Å²) in [5, 5.41) is 10.2. The largest absolute Gasteiger partial charge is 0.256 e. The zero-order valence-electron chi connectivity index (χ0n) is 11.9. The maximum atomic E-state index is 8.81. The number of rotatable bonds is 2. The highest BCUT2D eigenvalue weighted by Crippen LogP contribution is 2.18. The average Bonchev–Trinajstić information content (AvgIpc) is 2.37. The Bertz CT molecular complexity index is 631. The van der Waals surface area contributed by atoms with Crippen LogP contribution in [0.1, 0.15) is 11.1 Å². The Morgan fingerprint density at radius 2 is 1.74 bits per heavy atom. The summed E-state index contributed by atoms with van der Waals surface area (Å²) in [5.74, 6) is 0. The number of hydrogen-bond donors (Lipinski definition) is 0. The lowest BCUT2D eigenvalue weighted by atomic mass is 10.1. The van der Waals surface area contributed by atoms with Gasteiger partial charge in [-0.3, -0.25) is 4.98 Å². The van der Waals surface area contributed by atoms with Crippen molar-refractivity contribution in [2.45, 2.75) is 26.6 Å². The second kappa shape index (κ2) is 4.98. The predicted octanol–water partition coefficient (Wildman–Crippen LogP) is 3.47. The van der Waals surface area contributed by atoms with E-state index in [1.54, 1.807) is 0 Å². The number of pyridine rings is 1. The first kappa shape index (κ1) is 13.5. The molecule has 0 bridgehead atoms. The summed E-state index contributed by atoms with van der Waals surface area (Å²) in [6.45, 7) is 9.15. The molecule has 1 aromatic carbocycles. The summed E-state index contributed by atoms with van der Waals surface area (Å²) in [7, 11) is -1.32. The molecule has 0 N–H and O–H groups in total. The normalized spacial score (nSPS) is 11.1. The van der Waals surface area contributed by atoms with Crippen molar-refractivity contribution in [1.29, 1.82) is 5.26 Å². The number of benzene rings is 1. The first-order chi connectivity index (χ1) is 8.91. The molecule has 0 aliphatic heterocycles. The van der Waals surface area contributed by atoms with Gasteiger partial charge in [0.05, 0.1) is 25.4 Å². The lowest BCUT2D eigenvalue weighted by Gasteiger charge is -2.19. The maximum absolute atomic E-state index is 8.81. The molecular weight excluding hydrogens is 248 g/mol. The quantitative estimate of drug-likeness (QED) is 0.780. The lowest BCUT2D eigenvalue weighted by molar-refractivity contribution is 1.30. The summed E-state index contributed by atoms with van der Waals surface area (Å²) < 4.78 is 0. The Hall–Kier alpha value is -1.92. The van der Waals surface area contributed by atoms with Crippen LogP contribution in [0.15, 0.2) is 36.5 Å². The van der Waals surface area contributed by atoms with Gasteiger partial charge in [0.15, 0.2) is 0 Å². The highest BCUT2D eigenvalue weighted by molar-refractivity contribution is 6.89. The number of aryl methyl sites for hydroxylation is 1. The second-order valence-electron chi connectivity index (χ2n) is 5.82. The molecule has 0 saturated carbocycles. The molecule has 3 heteroatoms. The average molecular weight is 266 g/mol. The van der Waals surface area contributed by atoms with E-state index in [9.17, 15) is 0 Å².